The standard InChI is InChI=1S/C18H22N2O2/c1-12(9-10-21)11-19-18(22)20-16-8-7-14-6-5-13-3-2-4-15(16)17(13)14/h2-4,7-8,12,21H,5-6,9-11H2,1H3,(H2,19,20,22). The number of nitrogens with one attached hydrogen (secondary N) is 2. The van der Waals surface area contributed by atoms with Crippen molar-refractivity contribution in [2.45, 2.75) is 26.2 Å². The van der Waals surface area contributed by atoms with Crippen LogP contribution in [0, 0.1) is 5.92 Å². The molecule has 116 valence electrons. The van der Waals surface area contributed by atoms with E-state index in [1.54, 1.807) is 0 Å². The lowest BCUT2D eigenvalue weighted by Gasteiger charge is -2.14. The first-order valence-corrected chi connectivity index (χ1v) is 7.88. The highest BCUT2D eigenvalue weighted by molar-refractivity contribution is 6.04. The average molecular weight is 298 g/mol. The Labute approximate surface area is 130 Å². The highest BCUT2D eigenvalue weighted by atomic mass is 16.3. The van der Waals surface area contributed by atoms with Crippen molar-refractivity contribution in [1.29, 1.82) is 0 Å². The molecular formula is C18H22N2O2. The molecule has 3 N–H and O–H groups in total. The maximum atomic E-state index is 12.1. The molecule has 0 aromatic heterocycles. The zero-order valence-electron chi connectivity index (χ0n) is 12.9. The minimum Gasteiger partial charge on any atom is -0.396 e. The molecule has 1 aliphatic carbocycles. The van der Waals surface area contributed by atoms with Crippen molar-refractivity contribution in [2.24, 2.45) is 5.92 Å². The van der Waals surface area contributed by atoms with Crippen LogP contribution >= 0.6 is 0 Å². The van der Waals surface area contributed by atoms with Crippen LogP contribution < -0.4 is 10.6 Å². The Hall–Kier alpha value is -2.07. The Morgan fingerprint density at radius 2 is 2.00 bits per heavy atom. The van der Waals surface area contributed by atoms with E-state index in [0.29, 0.717) is 13.0 Å². The van der Waals surface area contributed by atoms with Gasteiger partial charge in [0.25, 0.3) is 0 Å². The molecule has 22 heavy (non-hydrogen) atoms. The summed E-state index contributed by atoms with van der Waals surface area (Å²) in [5.74, 6) is 0.267. The van der Waals surface area contributed by atoms with Crippen molar-refractivity contribution in [3.8, 4) is 0 Å². The van der Waals surface area contributed by atoms with Crippen LogP contribution in [0.15, 0.2) is 30.3 Å². The molecular weight excluding hydrogens is 276 g/mol. The zero-order valence-corrected chi connectivity index (χ0v) is 12.9. The van der Waals surface area contributed by atoms with Crippen molar-refractivity contribution >= 4 is 22.5 Å². The van der Waals surface area contributed by atoms with E-state index in [-0.39, 0.29) is 18.6 Å². The van der Waals surface area contributed by atoms with Crippen molar-refractivity contribution < 1.29 is 9.90 Å². The summed E-state index contributed by atoms with van der Waals surface area (Å²) in [6.07, 6.45) is 2.86. The van der Waals surface area contributed by atoms with E-state index in [1.165, 1.54) is 16.5 Å². The molecule has 0 saturated heterocycles. The topological polar surface area (TPSA) is 61.4 Å². The summed E-state index contributed by atoms with van der Waals surface area (Å²) >= 11 is 0. The summed E-state index contributed by atoms with van der Waals surface area (Å²) < 4.78 is 0. The number of aliphatic hydroxyl groups is 1. The van der Waals surface area contributed by atoms with E-state index in [9.17, 15) is 4.79 Å². The molecule has 1 aliphatic rings. The van der Waals surface area contributed by atoms with Gasteiger partial charge in [0, 0.05) is 18.5 Å². The third kappa shape index (κ3) is 2.92. The second-order valence-corrected chi connectivity index (χ2v) is 6.06. The Morgan fingerprint density at radius 1 is 1.23 bits per heavy atom. The maximum Gasteiger partial charge on any atom is 0.319 e. The Bertz CT molecular complexity index is 687. The monoisotopic (exact) mass is 298 g/mol. The zero-order chi connectivity index (χ0) is 15.5. The minimum absolute atomic E-state index is 0.152. The van der Waals surface area contributed by atoms with Crippen LogP contribution in [0.4, 0.5) is 10.5 Å². The summed E-state index contributed by atoms with van der Waals surface area (Å²) in [7, 11) is 0. The lowest BCUT2D eigenvalue weighted by atomic mass is 10.0. The van der Waals surface area contributed by atoms with Crippen LogP contribution in [0.25, 0.3) is 10.8 Å². The number of anilines is 1. The van der Waals surface area contributed by atoms with Gasteiger partial charge in [0.2, 0.25) is 0 Å². The molecule has 0 spiro atoms. The molecule has 0 radical (unpaired) electrons. The molecule has 2 aromatic rings. The second kappa shape index (κ2) is 6.36. The van der Waals surface area contributed by atoms with Gasteiger partial charge in [-0.2, -0.15) is 0 Å². The molecule has 1 unspecified atom stereocenters. The van der Waals surface area contributed by atoms with Crippen molar-refractivity contribution in [3.63, 3.8) is 0 Å². The van der Waals surface area contributed by atoms with E-state index in [4.69, 9.17) is 5.11 Å². The van der Waals surface area contributed by atoms with E-state index in [0.717, 1.165) is 23.9 Å². The van der Waals surface area contributed by atoms with Crippen molar-refractivity contribution in [3.05, 3.63) is 41.5 Å². The van der Waals surface area contributed by atoms with E-state index in [2.05, 4.69) is 34.9 Å². The Morgan fingerprint density at radius 3 is 2.77 bits per heavy atom. The SMILES string of the molecule is CC(CCO)CNC(=O)Nc1ccc2c3c(cccc13)CC2. The first-order valence-electron chi connectivity index (χ1n) is 7.88. The smallest absolute Gasteiger partial charge is 0.319 e. The summed E-state index contributed by atoms with van der Waals surface area (Å²) in [5.41, 5.74) is 3.59. The Kier molecular flexibility index (Phi) is 4.29. The van der Waals surface area contributed by atoms with Gasteiger partial charge in [0.05, 0.1) is 5.69 Å². The summed E-state index contributed by atoms with van der Waals surface area (Å²) in [4.78, 5) is 12.1. The largest absolute Gasteiger partial charge is 0.396 e. The van der Waals surface area contributed by atoms with Crippen LogP contribution in [-0.2, 0) is 12.8 Å². The number of carbonyl (C=O) groups is 1. The van der Waals surface area contributed by atoms with Gasteiger partial charge in [-0.3, -0.25) is 0 Å². The molecule has 2 amide bonds. The number of amides is 2. The lowest BCUT2D eigenvalue weighted by Crippen LogP contribution is -2.32. The minimum atomic E-state index is -0.191. The number of urea groups is 1. The summed E-state index contributed by atoms with van der Waals surface area (Å²) in [6.45, 7) is 2.72. The first-order chi connectivity index (χ1) is 10.7. The lowest BCUT2D eigenvalue weighted by molar-refractivity contribution is 0.243. The van der Waals surface area contributed by atoms with Gasteiger partial charge < -0.3 is 15.7 Å². The molecule has 1 atom stereocenters. The second-order valence-electron chi connectivity index (χ2n) is 6.06. The maximum absolute atomic E-state index is 12.1. The first kappa shape index (κ1) is 14.9. The van der Waals surface area contributed by atoms with Gasteiger partial charge >= 0.3 is 6.03 Å². The summed E-state index contributed by atoms with van der Waals surface area (Å²) in [5, 5.41) is 17.1. The normalized spacial score (nSPS) is 14.1. The van der Waals surface area contributed by atoms with Crippen LogP contribution in [0.2, 0.25) is 0 Å². The van der Waals surface area contributed by atoms with Crippen LogP contribution in [0.3, 0.4) is 0 Å². The van der Waals surface area contributed by atoms with E-state index >= 15 is 0 Å². The van der Waals surface area contributed by atoms with E-state index < -0.39 is 0 Å². The van der Waals surface area contributed by atoms with Crippen LogP contribution in [-0.4, -0.2) is 24.3 Å². The predicted octanol–water partition coefficient (Wildman–Crippen LogP) is 3.08. The highest BCUT2D eigenvalue weighted by Crippen LogP contribution is 2.34. The quantitative estimate of drug-likeness (QED) is 0.794. The fourth-order valence-corrected chi connectivity index (χ4v) is 3.11. The number of aryl methyl sites for hydroxylation is 2. The van der Waals surface area contributed by atoms with Crippen molar-refractivity contribution in [1.82, 2.24) is 5.32 Å². The molecule has 0 saturated carbocycles. The Balaban J connectivity index is 1.74. The number of benzene rings is 2. The fraction of sp³-hybridized carbons (Fsp3) is 0.389. The molecule has 0 heterocycles. The fourth-order valence-electron chi connectivity index (χ4n) is 3.11. The van der Waals surface area contributed by atoms with Crippen molar-refractivity contribution in [2.75, 3.05) is 18.5 Å². The molecule has 3 rings (SSSR count). The number of hydrogen-bond acceptors (Lipinski definition) is 2. The molecule has 4 nitrogen and oxygen atoms in total. The molecule has 4 heteroatoms. The van der Waals surface area contributed by atoms with Gasteiger partial charge in [0.15, 0.2) is 0 Å². The average Bonchev–Trinajstić information content (AvgIpc) is 2.93. The van der Waals surface area contributed by atoms with Gasteiger partial charge in [0.1, 0.15) is 0 Å². The molecule has 0 bridgehead atoms. The molecule has 0 aliphatic heterocycles. The van der Waals surface area contributed by atoms with Gasteiger partial charge in [-0.1, -0.05) is 31.2 Å². The van der Waals surface area contributed by atoms with Gasteiger partial charge in [-0.05, 0) is 47.8 Å². The number of aliphatic hydroxyl groups excluding tert-OH is 1. The summed E-state index contributed by atoms with van der Waals surface area (Å²) in [6, 6.07) is 10.2. The molecule has 0 fully saturated rings. The van der Waals surface area contributed by atoms with Crippen LogP contribution in [0.1, 0.15) is 24.5 Å². The van der Waals surface area contributed by atoms with Gasteiger partial charge in [-0.25, -0.2) is 4.79 Å². The van der Waals surface area contributed by atoms with Gasteiger partial charge in [-0.15, -0.1) is 0 Å². The third-order valence-electron chi connectivity index (χ3n) is 4.36. The van der Waals surface area contributed by atoms with E-state index in [1.807, 2.05) is 13.0 Å². The predicted molar refractivity (Wildman–Crippen MR) is 89.2 cm³/mol. The van der Waals surface area contributed by atoms with Crippen LogP contribution in [0.5, 0.6) is 0 Å². The number of rotatable bonds is 5. The number of carbonyl (C=O) groups excluding carboxylic acids is 1. The number of hydrogen-bond donors (Lipinski definition) is 3. The molecule has 2 aromatic carbocycles. The third-order valence-corrected chi connectivity index (χ3v) is 4.36. The highest BCUT2D eigenvalue weighted by Gasteiger charge is 2.16.